The molecule has 2 heterocycles. The molecule has 6 heteroatoms. The molecule has 3 aromatic carbocycles. The molecule has 0 N–H and O–H groups in total. The number of piperidine rings is 1. The Kier molecular flexibility index (Phi) is 6.24. The fourth-order valence-electron chi connectivity index (χ4n) is 5.69. The Balaban J connectivity index is 1.44. The van der Waals surface area contributed by atoms with E-state index in [2.05, 4.69) is 17.9 Å². The highest BCUT2D eigenvalue weighted by Gasteiger charge is 2.63. The minimum Gasteiger partial charge on any atom is -0.496 e. The monoisotopic (exact) mass is 474 g/mol. The van der Waals surface area contributed by atoms with Crippen LogP contribution in [0.4, 0.5) is 9.18 Å². The van der Waals surface area contributed by atoms with Gasteiger partial charge in [-0.15, -0.1) is 0 Å². The normalized spacial score (nSPS) is 21.8. The van der Waals surface area contributed by atoms with Crippen molar-refractivity contribution in [2.45, 2.75) is 44.0 Å². The second kappa shape index (κ2) is 9.34. The van der Waals surface area contributed by atoms with Gasteiger partial charge in [0.25, 0.3) is 0 Å². The first-order chi connectivity index (χ1) is 17.0. The standard InChI is InChI=1S/C29H31FN2O3/c1-28(24-12-4-3-5-13-24)29(35-27(33)32(28)21-22-10-6-8-14-25(22)30)16-18-31(19-17-29)20-23-11-7-9-15-26(23)34-2/h3-15H,16-21H2,1-2H3. The van der Waals surface area contributed by atoms with E-state index in [0.717, 1.165) is 36.5 Å². The molecular formula is C29H31FN2O3. The number of benzene rings is 3. The van der Waals surface area contributed by atoms with E-state index < -0.39 is 17.2 Å². The van der Waals surface area contributed by atoms with Gasteiger partial charge in [-0.2, -0.15) is 0 Å². The molecule has 1 spiro atoms. The van der Waals surface area contributed by atoms with Crippen molar-refractivity contribution in [3.05, 3.63) is 101 Å². The third-order valence-electron chi connectivity index (χ3n) is 7.80. The fourth-order valence-corrected chi connectivity index (χ4v) is 5.69. The number of methoxy groups -OCH3 is 1. The molecule has 5 rings (SSSR count). The summed E-state index contributed by atoms with van der Waals surface area (Å²) in [4.78, 5) is 17.5. The van der Waals surface area contributed by atoms with Crippen LogP contribution in [-0.4, -0.2) is 41.7 Å². The predicted molar refractivity (Wildman–Crippen MR) is 132 cm³/mol. The number of amides is 1. The second-order valence-corrected chi connectivity index (χ2v) is 9.57. The largest absolute Gasteiger partial charge is 0.496 e. The summed E-state index contributed by atoms with van der Waals surface area (Å²) in [6.45, 7) is 4.56. The maximum atomic E-state index is 14.6. The zero-order chi connectivity index (χ0) is 24.5. The molecule has 1 atom stereocenters. The van der Waals surface area contributed by atoms with Crippen molar-refractivity contribution in [3.8, 4) is 5.75 Å². The molecule has 5 nitrogen and oxygen atoms in total. The quantitative estimate of drug-likeness (QED) is 0.457. The molecule has 1 amide bonds. The Hall–Kier alpha value is -3.38. The van der Waals surface area contributed by atoms with Crippen LogP contribution in [0.2, 0.25) is 0 Å². The van der Waals surface area contributed by atoms with Crippen LogP contribution in [0.5, 0.6) is 5.75 Å². The average Bonchev–Trinajstić information content (AvgIpc) is 3.09. The number of carbonyl (C=O) groups excluding carboxylic acids is 1. The Labute approximate surface area is 206 Å². The zero-order valence-electron chi connectivity index (χ0n) is 20.2. The van der Waals surface area contributed by atoms with Crippen LogP contribution in [0.3, 0.4) is 0 Å². The van der Waals surface area contributed by atoms with Gasteiger partial charge in [-0.1, -0.05) is 66.7 Å². The lowest BCUT2D eigenvalue weighted by molar-refractivity contribution is -0.0615. The molecular weight excluding hydrogens is 443 g/mol. The number of hydrogen-bond acceptors (Lipinski definition) is 4. The van der Waals surface area contributed by atoms with E-state index in [-0.39, 0.29) is 12.4 Å². The van der Waals surface area contributed by atoms with Gasteiger partial charge >= 0.3 is 6.09 Å². The Bertz CT molecular complexity index is 1190. The third-order valence-corrected chi connectivity index (χ3v) is 7.80. The maximum absolute atomic E-state index is 14.6. The van der Waals surface area contributed by atoms with Gasteiger partial charge in [-0.3, -0.25) is 9.80 Å². The van der Waals surface area contributed by atoms with Gasteiger partial charge < -0.3 is 9.47 Å². The number of hydrogen-bond donors (Lipinski definition) is 0. The third kappa shape index (κ3) is 4.06. The van der Waals surface area contributed by atoms with Gasteiger partial charge in [0.1, 0.15) is 22.7 Å². The first kappa shape index (κ1) is 23.4. The number of rotatable bonds is 6. The number of likely N-dealkylation sites (tertiary alicyclic amines) is 1. The fraction of sp³-hybridized carbons (Fsp3) is 0.345. The van der Waals surface area contributed by atoms with Gasteiger partial charge in [-0.05, 0) is 24.6 Å². The van der Waals surface area contributed by atoms with Gasteiger partial charge in [-0.25, -0.2) is 9.18 Å². The minimum atomic E-state index is -0.732. The summed E-state index contributed by atoms with van der Waals surface area (Å²) >= 11 is 0. The van der Waals surface area contributed by atoms with Crippen LogP contribution in [-0.2, 0) is 23.4 Å². The first-order valence-electron chi connectivity index (χ1n) is 12.1. The van der Waals surface area contributed by atoms with E-state index in [4.69, 9.17) is 9.47 Å². The van der Waals surface area contributed by atoms with E-state index in [1.807, 2.05) is 48.5 Å². The summed E-state index contributed by atoms with van der Waals surface area (Å²) < 4.78 is 26.4. The molecule has 2 aliphatic rings. The second-order valence-electron chi connectivity index (χ2n) is 9.57. The van der Waals surface area contributed by atoms with Crippen molar-refractivity contribution in [1.29, 1.82) is 0 Å². The van der Waals surface area contributed by atoms with E-state index >= 15 is 0 Å². The van der Waals surface area contributed by atoms with Crippen molar-refractivity contribution in [1.82, 2.24) is 9.80 Å². The summed E-state index contributed by atoms with van der Waals surface area (Å²) in [5.74, 6) is 0.563. The van der Waals surface area contributed by atoms with E-state index in [9.17, 15) is 9.18 Å². The van der Waals surface area contributed by atoms with E-state index in [1.54, 1.807) is 30.2 Å². The van der Waals surface area contributed by atoms with Crippen LogP contribution in [0, 0.1) is 5.82 Å². The molecule has 0 saturated carbocycles. The van der Waals surface area contributed by atoms with E-state index in [0.29, 0.717) is 18.4 Å². The number of para-hydroxylation sites is 1. The summed E-state index contributed by atoms with van der Waals surface area (Å²) in [6.07, 6.45) is 0.984. The minimum absolute atomic E-state index is 0.156. The van der Waals surface area contributed by atoms with Gasteiger partial charge in [0.2, 0.25) is 0 Å². The Morgan fingerprint density at radius 2 is 1.51 bits per heavy atom. The van der Waals surface area contributed by atoms with Crippen LogP contribution in [0.25, 0.3) is 0 Å². The zero-order valence-corrected chi connectivity index (χ0v) is 20.2. The number of nitrogens with zero attached hydrogens (tertiary/aromatic N) is 2. The molecule has 35 heavy (non-hydrogen) atoms. The molecule has 1 unspecified atom stereocenters. The van der Waals surface area contributed by atoms with Crippen LogP contribution < -0.4 is 4.74 Å². The van der Waals surface area contributed by atoms with Gasteiger partial charge in [0.15, 0.2) is 0 Å². The molecule has 2 aliphatic heterocycles. The van der Waals surface area contributed by atoms with Crippen molar-refractivity contribution in [2.75, 3.05) is 20.2 Å². The SMILES string of the molecule is COc1ccccc1CN1CCC2(CC1)OC(=O)N(Cc1ccccc1F)C2(C)c1ccccc1. The molecule has 0 radical (unpaired) electrons. The summed E-state index contributed by atoms with van der Waals surface area (Å²) in [5.41, 5.74) is 1.19. The van der Waals surface area contributed by atoms with Gasteiger partial charge in [0.05, 0.1) is 13.7 Å². The first-order valence-corrected chi connectivity index (χ1v) is 12.1. The predicted octanol–water partition coefficient (Wildman–Crippen LogP) is 5.74. The van der Waals surface area contributed by atoms with Crippen molar-refractivity contribution >= 4 is 6.09 Å². The van der Waals surface area contributed by atoms with E-state index in [1.165, 1.54) is 6.07 Å². The van der Waals surface area contributed by atoms with Crippen LogP contribution >= 0.6 is 0 Å². The Morgan fingerprint density at radius 3 is 2.20 bits per heavy atom. The lowest BCUT2D eigenvalue weighted by Gasteiger charge is -2.48. The summed E-state index contributed by atoms with van der Waals surface area (Å²) in [6, 6.07) is 24.7. The van der Waals surface area contributed by atoms with Gasteiger partial charge in [0, 0.05) is 43.6 Å². The van der Waals surface area contributed by atoms with Crippen molar-refractivity contribution in [2.24, 2.45) is 0 Å². The molecule has 0 aliphatic carbocycles. The highest BCUT2D eigenvalue weighted by Crippen LogP contribution is 2.52. The lowest BCUT2D eigenvalue weighted by atomic mass is 9.70. The maximum Gasteiger partial charge on any atom is 0.411 e. The summed E-state index contributed by atoms with van der Waals surface area (Å²) in [5, 5.41) is 0. The van der Waals surface area contributed by atoms with Crippen molar-refractivity contribution in [3.63, 3.8) is 0 Å². The molecule has 182 valence electrons. The smallest absolute Gasteiger partial charge is 0.411 e. The molecule has 0 bridgehead atoms. The van der Waals surface area contributed by atoms with Crippen LogP contribution in [0.15, 0.2) is 78.9 Å². The Morgan fingerprint density at radius 1 is 0.886 bits per heavy atom. The lowest BCUT2D eigenvalue weighted by Crippen LogP contribution is -2.58. The summed E-state index contributed by atoms with van der Waals surface area (Å²) in [7, 11) is 1.69. The van der Waals surface area contributed by atoms with Crippen molar-refractivity contribution < 1.29 is 18.7 Å². The average molecular weight is 475 g/mol. The molecule has 0 aromatic heterocycles. The molecule has 3 aromatic rings. The topological polar surface area (TPSA) is 42.0 Å². The van der Waals surface area contributed by atoms with Crippen LogP contribution in [0.1, 0.15) is 36.5 Å². The number of carbonyl (C=O) groups is 1. The highest BCUT2D eigenvalue weighted by molar-refractivity contribution is 5.74. The molecule has 2 saturated heterocycles. The highest BCUT2D eigenvalue weighted by atomic mass is 19.1. The molecule has 2 fully saturated rings. The number of ether oxygens (including phenoxy) is 2. The number of halogens is 1.